The van der Waals surface area contributed by atoms with Crippen molar-refractivity contribution in [2.45, 2.75) is 38.2 Å². The standard InChI is InChI=1S/C22H25NO3/c1-16-4-2-6-20(14-16)26-19-9-7-17(8-10-19)21(24)23-13-3-5-18(15-23)22(25)11-12-22/h2,4,6-10,14,18,25H,3,5,11-13,15H2,1H3. The molecule has 1 atom stereocenters. The van der Waals surface area contributed by atoms with Crippen LogP contribution < -0.4 is 4.74 Å². The summed E-state index contributed by atoms with van der Waals surface area (Å²) in [5, 5.41) is 10.4. The van der Waals surface area contributed by atoms with Gasteiger partial charge in [-0.15, -0.1) is 0 Å². The normalized spacial score (nSPS) is 21.3. The maximum atomic E-state index is 12.8. The lowest BCUT2D eigenvalue weighted by molar-refractivity contribution is 0.0282. The third kappa shape index (κ3) is 3.61. The summed E-state index contributed by atoms with van der Waals surface area (Å²) in [6, 6.07) is 15.2. The number of piperidine rings is 1. The molecule has 1 amide bonds. The van der Waals surface area contributed by atoms with E-state index < -0.39 is 5.60 Å². The van der Waals surface area contributed by atoms with Crippen LogP contribution >= 0.6 is 0 Å². The zero-order valence-electron chi connectivity index (χ0n) is 15.1. The first-order chi connectivity index (χ1) is 12.5. The minimum atomic E-state index is -0.509. The van der Waals surface area contributed by atoms with Crippen molar-refractivity contribution < 1.29 is 14.6 Å². The van der Waals surface area contributed by atoms with Gasteiger partial charge in [0, 0.05) is 24.6 Å². The number of aryl methyl sites for hydroxylation is 1. The van der Waals surface area contributed by atoms with Gasteiger partial charge in [0.2, 0.25) is 0 Å². The van der Waals surface area contributed by atoms with Gasteiger partial charge in [-0.1, -0.05) is 12.1 Å². The summed E-state index contributed by atoms with van der Waals surface area (Å²) in [5.74, 6) is 1.78. The van der Waals surface area contributed by atoms with Crippen molar-refractivity contribution in [3.63, 3.8) is 0 Å². The molecule has 2 aliphatic rings. The van der Waals surface area contributed by atoms with Gasteiger partial charge in [-0.3, -0.25) is 4.79 Å². The summed E-state index contributed by atoms with van der Waals surface area (Å²) in [5.41, 5.74) is 1.31. The number of nitrogens with zero attached hydrogens (tertiary/aromatic N) is 1. The van der Waals surface area contributed by atoms with E-state index in [0.717, 1.165) is 49.3 Å². The molecule has 1 unspecified atom stereocenters. The van der Waals surface area contributed by atoms with Gasteiger partial charge in [0.05, 0.1) is 5.60 Å². The molecule has 2 aromatic carbocycles. The van der Waals surface area contributed by atoms with Crippen LogP contribution in [0.4, 0.5) is 0 Å². The second-order valence-corrected chi connectivity index (χ2v) is 7.64. The number of hydrogen-bond acceptors (Lipinski definition) is 3. The molecule has 2 aromatic rings. The summed E-state index contributed by atoms with van der Waals surface area (Å²) in [6.07, 6.45) is 3.74. The van der Waals surface area contributed by atoms with Crippen molar-refractivity contribution in [3.05, 3.63) is 59.7 Å². The third-order valence-corrected chi connectivity index (χ3v) is 5.56. The summed E-state index contributed by atoms with van der Waals surface area (Å²) in [4.78, 5) is 14.7. The van der Waals surface area contributed by atoms with Crippen molar-refractivity contribution in [2.24, 2.45) is 5.92 Å². The number of hydrogen-bond donors (Lipinski definition) is 1. The van der Waals surface area contributed by atoms with Crippen molar-refractivity contribution >= 4 is 5.91 Å². The van der Waals surface area contributed by atoms with Crippen LogP contribution in [-0.4, -0.2) is 34.6 Å². The number of likely N-dealkylation sites (tertiary alicyclic amines) is 1. The van der Waals surface area contributed by atoms with E-state index in [2.05, 4.69) is 0 Å². The average molecular weight is 351 g/mol. The number of ether oxygens (including phenoxy) is 1. The Balaban J connectivity index is 1.42. The number of aliphatic hydroxyl groups is 1. The van der Waals surface area contributed by atoms with Gasteiger partial charge in [0.25, 0.3) is 5.91 Å². The highest BCUT2D eigenvalue weighted by Gasteiger charge is 2.49. The van der Waals surface area contributed by atoms with Gasteiger partial charge in [-0.2, -0.15) is 0 Å². The first-order valence-corrected chi connectivity index (χ1v) is 9.40. The molecule has 1 N–H and O–H groups in total. The second kappa shape index (κ2) is 6.76. The van der Waals surface area contributed by atoms with E-state index in [4.69, 9.17) is 4.74 Å². The molecule has 0 spiro atoms. The molecule has 1 saturated carbocycles. The molecule has 4 rings (SSSR count). The predicted octanol–water partition coefficient (Wildman–Crippen LogP) is 4.16. The SMILES string of the molecule is Cc1cccc(Oc2ccc(C(=O)N3CCCC(C4(O)CC4)C3)cc2)c1. The minimum absolute atomic E-state index is 0.0426. The lowest BCUT2D eigenvalue weighted by atomic mass is 9.90. The molecule has 1 heterocycles. The molecule has 4 nitrogen and oxygen atoms in total. The number of carbonyl (C=O) groups excluding carboxylic acids is 1. The van der Waals surface area contributed by atoms with Gasteiger partial charge in [0.1, 0.15) is 11.5 Å². The van der Waals surface area contributed by atoms with E-state index >= 15 is 0 Å². The Morgan fingerprint density at radius 1 is 1.15 bits per heavy atom. The van der Waals surface area contributed by atoms with Crippen molar-refractivity contribution in [1.82, 2.24) is 4.90 Å². The predicted molar refractivity (Wildman–Crippen MR) is 101 cm³/mol. The molecule has 0 radical (unpaired) electrons. The van der Waals surface area contributed by atoms with Crippen molar-refractivity contribution in [1.29, 1.82) is 0 Å². The van der Waals surface area contributed by atoms with Crippen LogP contribution in [0, 0.1) is 12.8 Å². The summed E-state index contributed by atoms with van der Waals surface area (Å²) < 4.78 is 5.85. The highest BCUT2D eigenvalue weighted by Crippen LogP contribution is 2.45. The van der Waals surface area contributed by atoms with Gasteiger partial charge in [0.15, 0.2) is 0 Å². The second-order valence-electron chi connectivity index (χ2n) is 7.64. The number of benzene rings is 2. The lowest BCUT2D eigenvalue weighted by Crippen LogP contribution is -2.44. The Hall–Kier alpha value is -2.33. The fourth-order valence-corrected chi connectivity index (χ4v) is 3.80. The van der Waals surface area contributed by atoms with Gasteiger partial charge < -0.3 is 14.7 Å². The van der Waals surface area contributed by atoms with Crippen LogP contribution in [0.2, 0.25) is 0 Å². The molecule has 0 aromatic heterocycles. The molecular formula is C22H25NO3. The van der Waals surface area contributed by atoms with E-state index in [1.165, 1.54) is 0 Å². The summed E-state index contributed by atoms with van der Waals surface area (Å²) in [6.45, 7) is 3.46. The van der Waals surface area contributed by atoms with Crippen LogP contribution in [0.15, 0.2) is 48.5 Å². The highest BCUT2D eigenvalue weighted by atomic mass is 16.5. The molecule has 1 saturated heterocycles. The first kappa shape index (κ1) is 17.1. The largest absolute Gasteiger partial charge is 0.457 e. The maximum Gasteiger partial charge on any atom is 0.253 e. The Morgan fingerprint density at radius 3 is 2.62 bits per heavy atom. The van der Waals surface area contributed by atoms with E-state index in [1.54, 1.807) is 0 Å². The summed E-state index contributed by atoms with van der Waals surface area (Å²) in [7, 11) is 0. The van der Waals surface area contributed by atoms with Gasteiger partial charge in [-0.05, 0) is 74.6 Å². The molecule has 2 fully saturated rings. The lowest BCUT2D eigenvalue weighted by Gasteiger charge is -2.35. The van der Waals surface area contributed by atoms with Crippen LogP contribution in [0.3, 0.4) is 0 Å². The summed E-state index contributed by atoms with van der Waals surface area (Å²) >= 11 is 0. The zero-order valence-corrected chi connectivity index (χ0v) is 15.1. The zero-order chi connectivity index (χ0) is 18.1. The van der Waals surface area contributed by atoms with Crippen LogP contribution in [0.5, 0.6) is 11.5 Å². The fraction of sp³-hybridized carbons (Fsp3) is 0.409. The van der Waals surface area contributed by atoms with Crippen LogP contribution in [-0.2, 0) is 0 Å². The molecule has 136 valence electrons. The van der Waals surface area contributed by atoms with Gasteiger partial charge >= 0.3 is 0 Å². The van der Waals surface area contributed by atoms with Gasteiger partial charge in [-0.25, -0.2) is 0 Å². The van der Waals surface area contributed by atoms with Crippen molar-refractivity contribution in [2.75, 3.05) is 13.1 Å². The smallest absolute Gasteiger partial charge is 0.253 e. The van der Waals surface area contributed by atoms with E-state index in [0.29, 0.717) is 12.1 Å². The molecule has 26 heavy (non-hydrogen) atoms. The Labute approximate surface area is 154 Å². The Morgan fingerprint density at radius 2 is 1.92 bits per heavy atom. The van der Waals surface area contributed by atoms with E-state index in [1.807, 2.05) is 60.4 Å². The maximum absolute atomic E-state index is 12.8. The Kier molecular flexibility index (Phi) is 4.45. The van der Waals surface area contributed by atoms with E-state index in [-0.39, 0.29) is 11.8 Å². The van der Waals surface area contributed by atoms with Crippen LogP contribution in [0.25, 0.3) is 0 Å². The Bertz CT molecular complexity index is 795. The third-order valence-electron chi connectivity index (χ3n) is 5.56. The molecule has 1 aliphatic carbocycles. The molecular weight excluding hydrogens is 326 g/mol. The van der Waals surface area contributed by atoms with Crippen molar-refractivity contribution in [3.8, 4) is 11.5 Å². The molecule has 1 aliphatic heterocycles. The van der Waals surface area contributed by atoms with E-state index in [9.17, 15) is 9.90 Å². The average Bonchev–Trinajstić information content (AvgIpc) is 3.41. The molecule has 4 heteroatoms. The highest BCUT2D eigenvalue weighted by molar-refractivity contribution is 5.94. The fourth-order valence-electron chi connectivity index (χ4n) is 3.80. The first-order valence-electron chi connectivity index (χ1n) is 9.40. The monoisotopic (exact) mass is 351 g/mol. The number of rotatable bonds is 4. The quantitative estimate of drug-likeness (QED) is 0.900. The molecule has 0 bridgehead atoms. The number of amides is 1. The topological polar surface area (TPSA) is 49.8 Å². The minimum Gasteiger partial charge on any atom is -0.457 e. The number of carbonyl (C=O) groups is 1. The van der Waals surface area contributed by atoms with Crippen LogP contribution in [0.1, 0.15) is 41.6 Å².